The van der Waals surface area contributed by atoms with Crippen LogP contribution in [0.4, 0.5) is 0 Å². The Labute approximate surface area is 116 Å². The van der Waals surface area contributed by atoms with Crippen molar-refractivity contribution in [2.45, 2.75) is 49.8 Å². The monoisotopic (exact) mass is 354 g/mol. The van der Waals surface area contributed by atoms with Crippen LogP contribution < -0.4 is 0 Å². The molecular weight excluding hydrogens is 328 g/mol. The molecule has 0 N–H and O–H groups in total. The Kier molecular flexibility index (Phi) is 10.1. The van der Waals surface area contributed by atoms with Crippen molar-refractivity contribution in [3.63, 3.8) is 0 Å². The van der Waals surface area contributed by atoms with E-state index < -0.39 is 0 Å². The molecule has 0 spiro atoms. The molecule has 0 radical (unpaired) electrons. The first-order valence-electron chi connectivity index (χ1n) is 6.60. The van der Waals surface area contributed by atoms with Crippen molar-refractivity contribution in [2.24, 2.45) is 0 Å². The van der Waals surface area contributed by atoms with Gasteiger partial charge in [-0.3, -0.25) is 0 Å². The van der Waals surface area contributed by atoms with E-state index in [1.54, 1.807) is 0 Å². The molecule has 0 saturated carbocycles. The van der Waals surface area contributed by atoms with E-state index >= 15 is 0 Å². The summed E-state index contributed by atoms with van der Waals surface area (Å²) in [6.07, 6.45) is 12.5. The molecule has 1 aliphatic heterocycles. The van der Waals surface area contributed by atoms with Crippen molar-refractivity contribution < 1.29 is 9.47 Å². The molecule has 2 nitrogen and oxygen atoms in total. The Morgan fingerprint density at radius 2 is 2.29 bits per heavy atom. The van der Waals surface area contributed by atoms with Gasteiger partial charge in [0.15, 0.2) is 0 Å². The van der Waals surface area contributed by atoms with Gasteiger partial charge in [-0.25, -0.2) is 0 Å². The molecule has 0 bridgehead atoms. The molecule has 1 aliphatic rings. The molecule has 1 atom stereocenters. The predicted octanol–water partition coefficient (Wildman–Crippen LogP) is 3.52. The average molecular weight is 352 g/mol. The van der Waals surface area contributed by atoms with Crippen LogP contribution in [0.15, 0.2) is 22.4 Å². The van der Waals surface area contributed by atoms with Gasteiger partial charge < -0.3 is 0 Å². The van der Waals surface area contributed by atoms with Crippen molar-refractivity contribution in [1.29, 1.82) is 0 Å². The molecule has 0 aromatic rings. The Balaban J connectivity index is 1.94. The molecule has 0 aromatic heterocycles. The Morgan fingerprint density at radius 3 is 3.06 bits per heavy atom. The number of rotatable bonds is 8. The maximum atomic E-state index is 5.60. The van der Waals surface area contributed by atoms with E-state index in [-0.39, 0.29) is 27.2 Å². The van der Waals surface area contributed by atoms with Gasteiger partial charge in [0.25, 0.3) is 0 Å². The van der Waals surface area contributed by atoms with Crippen LogP contribution in [0.5, 0.6) is 0 Å². The first kappa shape index (κ1) is 15.2. The second-order valence-corrected chi connectivity index (χ2v) is 7.00. The van der Waals surface area contributed by atoms with Gasteiger partial charge in [-0.15, -0.1) is 0 Å². The summed E-state index contributed by atoms with van der Waals surface area (Å²) in [7, 11) is 0. The van der Waals surface area contributed by atoms with E-state index in [4.69, 9.17) is 9.47 Å². The molecule has 1 saturated heterocycles. The summed E-state index contributed by atoms with van der Waals surface area (Å²) in [5.74, 6) is 0. The first-order chi connectivity index (χ1) is 8.43. The fourth-order valence-corrected chi connectivity index (χ4v) is 3.80. The number of unbranched alkanes of at least 4 members (excludes halogenated alkanes) is 1. The Hall–Kier alpha value is 0.190. The van der Waals surface area contributed by atoms with Gasteiger partial charge in [-0.05, 0) is 0 Å². The summed E-state index contributed by atoms with van der Waals surface area (Å²) in [5, 5.41) is 0. The summed E-state index contributed by atoms with van der Waals surface area (Å²) >= 11 is 0.122. The Bertz CT molecular complexity index is 220. The summed E-state index contributed by atoms with van der Waals surface area (Å²) in [4.78, 5) is 0. The average Bonchev–Trinajstić information content (AvgIpc) is 2.38. The zero-order valence-corrected chi connectivity index (χ0v) is 13.1. The standard InChI is InChI=1S/C14H24O2Te/c1-2-3-12-17-13-8-4-6-10-15-14-9-5-7-11-16-14/h4,6,8,13-14H,2-3,5,7,9-12H2,1H3/b6-4+,13-8-. The third kappa shape index (κ3) is 8.85. The molecule has 0 aromatic carbocycles. The van der Waals surface area contributed by atoms with Crippen LogP contribution in [0.1, 0.15) is 39.0 Å². The van der Waals surface area contributed by atoms with E-state index in [9.17, 15) is 0 Å². The van der Waals surface area contributed by atoms with E-state index in [0.29, 0.717) is 6.61 Å². The topological polar surface area (TPSA) is 18.5 Å². The van der Waals surface area contributed by atoms with E-state index in [2.05, 4.69) is 29.3 Å². The van der Waals surface area contributed by atoms with Crippen molar-refractivity contribution in [1.82, 2.24) is 0 Å². The van der Waals surface area contributed by atoms with Gasteiger partial charge >= 0.3 is 116 Å². The van der Waals surface area contributed by atoms with Crippen LogP contribution in [0.2, 0.25) is 4.47 Å². The SMILES string of the molecule is CCCC[Te]/C=C\C=C\COC1CCCCO1. The van der Waals surface area contributed by atoms with Gasteiger partial charge in [0.05, 0.1) is 0 Å². The van der Waals surface area contributed by atoms with Gasteiger partial charge in [-0.1, -0.05) is 0 Å². The zero-order chi connectivity index (χ0) is 12.2. The molecule has 1 rings (SSSR count). The fourth-order valence-electron chi connectivity index (χ4n) is 1.54. The van der Waals surface area contributed by atoms with Crippen LogP contribution >= 0.6 is 0 Å². The summed E-state index contributed by atoms with van der Waals surface area (Å²) in [6.45, 7) is 3.78. The summed E-state index contributed by atoms with van der Waals surface area (Å²) in [5.41, 5.74) is 0. The minimum atomic E-state index is 0.0377. The van der Waals surface area contributed by atoms with Crippen LogP contribution in [-0.2, 0) is 9.47 Å². The quantitative estimate of drug-likeness (QED) is 0.378. The first-order valence-corrected chi connectivity index (χ1v) is 9.59. The summed E-state index contributed by atoms with van der Waals surface area (Å²) in [6, 6.07) is 0. The van der Waals surface area contributed by atoms with Crippen LogP contribution in [0.3, 0.4) is 0 Å². The number of allylic oxidation sites excluding steroid dienone is 2. The molecule has 98 valence electrons. The predicted molar refractivity (Wildman–Crippen MR) is 73.3 cm³/mol. The molecule has 3 heteroatoms. The zero-order valence-electron chi connectivity index (χ0n) is 10.8. The molecule has 0 aliphatic carbocycles. The van der Waals surface area contributed by atoms with Crippen LogP contribution in [0.25, 0.3) is 0 Å². The molecule has 1 fully saturated rings. The van der Waals surface area contributed by atoms with Crippen molar-refractivity contribution in [3.05, 3.63) is 22.4 Å². The third-order valence-corrected chi connectivity index (χ3v) is 5.05. The van der Waals surface area contributed by atoms with Gasteiger partial charge in [0, 0.05) is 0 Å². The van der Waals surface area contributed by atoms with E-state index in [1.165, 1.54) is 30.2 Å². The van der Waals surface area contributed by atoms with Crippen LogP contribution in [0, 0.1) is 0 Å². The van der Waals surface area contributed by atoms with Crippen molar-refractivity contribution >= 4 is 20.9 Å². The molecule has 0 amide bonds. The number of hydrogen-bond acceptors (Lipinski definition) is 2. The van der Waals surface area contributed by atoms with E-state index in [1.807, 2.05) is 0 Å². The van der Waals surface area contributed by atoms with Gasteiger partial charge in [0.1, 0.15) is 0 Å². The molecular formula is C14H24O2Te. The second-order valence-electron chi connectivity index (χ2n) is 4.11. The fraction of sp³-hybridized carbons (Fsp3) is 0.714. The number of ether oxygens (including phenoxy) is 2. The van der Waals surface area contributed by atoms with Gasteiger partial charge in [0.2, 0.25) is 0 Å². The molecule has 1 heterocycles. The molecule has 17 heavy (non-hydrogen) atoms. The Morgan fingerprint density at radius 1 is 1.35 bits per heavy atom. The number of hydrogen-bond donors (Lipinski definition) is 0. The minimum absolute atomic E-state index is 0.0377. The van der Waals surface area contributed by atoms with Crippen molar-refractivity contribution in [2.75, 3.05) is 13.2 Å². The van der Waals surface area contributed by atoms with Crippen molar-refractivity contribution in [3.8, 4) is 0 Å². The van der Waals surface area contributed by atoms with Crippen LogP contribution in [-0.4, -0.2) is 40.4 Å². The van der Waals surface area contributed by atoms with E-state index in [0.717, 1.165) is 13.0 Å². The maximum absolute atomic E-state index is 5.60. The normalized spacial score (nSPS) is 21.6. The third-order valence-electron chi connectivity index (χ3n) is 2.55. The second kappa shape index (κ2) is 11.3. The summed E-state index contributed by atoms with van der Waals surface area (Å²) < 4.78 is 14.9. The van der Waals surface area contributed by atoms with Gasteiger partial charge in [-0.2, -0.15) is 0 Å². The molecule has 1 unspecified atom stereocenters.